The zero-order chi connectivity index (χ0) is 21.4. The predicted octanol–water partition coefficient (Wildman–Crippen LogP) is 4.36. The van der Waals surface area contributed by atoms with E-state index in [1.165, 1.54) is 10.6 Å². The molecule has 2 aromatic carbocycles. The summed E-state index contributed by atoms with van der Waals surface area (Å²) in [7, 11) is 0. The monoisotopic (exact) mass is 414 g/mol. The second kappa shape index (κ2) is 7.64. The third kappa shape index (κ3) is 3.22. The summed E-state index contributed by atoms with van der Waals surface area (Å²) in [5.74, 6) is 0.472. The maximum Gasteiger partial charge on any atom is 0.269 e. The molecule has 0 aliphatic rings. The molecule has 0 saturated heterocycles. The number of halogens is 1. The fourth-order valence-corrected chi connectivity index (χ4v) is 3.75. The molecular weight excluding hydrogens is 395 g/mol. The second-order valence-electron chi connectivity index (χ2n) is 7.14. The van der Waals surface area contributed by atoms with E-state index in [0.717, 1.165) is 5.52 Å². The Balaban J connectivity index is 1.74. The normalized spacial score (nSPS) is 12.3. The molecule has 0 radical (unpaired) electrons. The third-order valence-electron chi connectivity index (χ3n) is 5.26. The first-order valence-electron chi connectivity index (χ1n) is 9.98. The summed E-state index contributed by atoms with van der Waals surface area (Å²) in [5, 5.41) is 3.35. The minimum Gasteiger partial charge on any atom is -0.358 e. The lowest BCUT2D eigenvalue weighted by atomic mass is 10.1. The van der Waals surface area contributed by atoms with Gasteiger partial charge in [0.2, 0.25) is 0 Å². The van der Waals surface area contributed by atoms with Gasteiger partial charge in [0.15, 0.2) is 5.82 Å². The van der Waals surface area contributed by atoms with E-state index in [1.807, 2.05) is 31.2 Å². The number of hydrogen-bond acceptors (Lipinski definition) is 5. The van der Waals surface area contributed by atoms with E-state index in [-0.39, 0.29) is 11.4 Å². The second-order valence-corrected chi connectivity index (χ2v) is 7.14. The van der Waals surface area contributed by atoms with Gasteiger partial charge in [0.05, 0.1) is 29.1 Å². The van der Waals surface area contributed by atoms with Crippen LogP contribution < -0.4 is 10.9 Å². The number of anilines is 1. The number of para-hydroxylation sites is 1. The highest BCUT2D eigenvalue weighted by Gasteiger charge is 2.22. The van der Waals surface area contributed by atoms with Gasteiger partial charge in [-0.05, 0) is 36.8 Å². The van der Waals surface area contributed by atoms with Crippen molar-refractivity contribution < 1.29 is 4.39 Å². The third-order valence-corrected chi connectivity index (χ3v) is 5.26. The number of pyridine rings is 1. The first kappa shape index (κ1) is 18.9. The van der Waals surface area contributed by atoms with E-state index in [1.54, 1.807) is 36.8 Å². The van der Waals surface area contributed by atoms with Crippen molar-refractivity contribution in [3.63, 3.8) is 0 Å². The standard InChI is InChI=1S/C23H19FN6O/c1-2-16(28-21-20-18(11-12-25-21)26-13-27-20)22-29-17-10-6-9-15(24)19(17)23(31)30(22)14-7-4-3-5-8-14/h3-13,16H,2H2,1H3,(H,25,28)(H,26,27)/t16-/m1/s1. The molecule has 154 valence electrons. The van der Waals surface area contributed by atoms with Crippen LogP contribution in [0, 0.1) is 5.82 Å². The first-order valence-corrected chi connectivity index (χ1v) is 9.98. The molecule has 0 amide bonds. The predicted molar refractivity (Wildman–Crippen MR) is 118 cm³/mol. The van der Waals surface area contributed by atoms with E-state index < -0.39 is 11.4 Å². The molecule has 7 nitrogen and oxygen atoms in total. The minimum absolute atomic E-state index is 0.0301. The highest BCUT2D eigenvalue weighted by Crippen LogP contribution is 2.26. The zero-order valence-electron chi connectivity index (χ0n) is 16.7. The Morgan fingerprint density at radius 1 is 1.10 bits per heavy atom. The van der Waals surface area contributed by atoms with Crippen LogP contribution in [0.3, 0.4) is 0 Å². The molecule has 0 bridgehead atoms. The van der Waals surface area contributed by atoms with Crippen molar-refractivity contribution in [2.24, 2.45) is 0 Å². The van der Waals surface area contributed by atoms with Gasteiger partial charge < -0.3 is 10.3 Å². The fourth-order valence-electron chi connectivity index (χ4n) is 3.75. The molecule has 3 aromatic heterocycles. The molecule has 0 spiro atoms. The number of fused-ring (bicyclic) bond motifs is 2. The topological polar surface area (TPSA) is 88.5 Å². The number of aromatic amines is 1. The summed E-state index contributed by atoms with van der Waals surface area (Å²) in [5.41, 5.74) is 2.03. The van der Waals surface area contributed by atoms with Crippen LogP contribution in [0.25, 0.3) is 27.6 Å². The molecule has 0 fully saturated rings. The van der Waals surface area contributed by atoms with Gasteiger partial charge in [-0.25, -0.2) is 19.3 Å². The fraction of sp³-hybridized carbons (Fsp3) is 0.130. The smallest absolute Gasteiger partial charge is 0.269 e. The van der Waals surface area contributed by atoms with Crippen LogP contribution in [0.5, 0.6) is 0 Å². The van der Waals surface area contributed by atoms with Crippen LogP contribution >= 0.6 is 0 Å². The molecule has 0 aliphatic heterocycles. The van der Waals surface area contributed by atoms with Crippen molar-refractivity contribution >= 4 is 27.8 Å². The Labute approximate surface area is 176 Å². The van der Waals surface area contributed by atoms with E-state index >= 15 is 0 Å². The van der Waals surface area contributed by atoms with Gasteiger partial charge in [0, 0.05) is 6.20 Å². The number of imidazole rings is 1. The van der Waals surface area contributed by atoms with Crippen LogP contribution in [-0.2, 0) is 0 Å². The van der Waals surface area contributed by atoms with E-state index in [2.05, 4.69) is 20.3 Å². The highest BCUT2D eigenvalue weighted by atomic mass is 19.1. The van der Waals surface area contributed by atoms with Crippen molar-refractivity contribution in [1.29, 1.82) is 0 Å². The first-order chi connectivity index (χ1) is 15.2. The quantitative estimate of drug-likeness (QED) is 0.446. The number of aromatic nitrogens is 5. The molecule has 5 aromatic rings. The zero-order valence-corrected chi connectivity index (χ0v) is 16.7. The van der Waals surface area contributed by atoms with Crippen LogP contribution in [-0.4, -0.2) is 24.5 Å². The van der Waals surface area contributed by atoms with Crippen molar-refractivity contribution in [1.82, 2.24) is 24.5 Å². The van der Waals surface area contributed by atoms with Gasteiger partial charge in [-0.2, -0.15) is 0 Å². The Hall–Kier alpha value is -4.07. The van der Waals surface area contributed by atoms with Crippen LogP contribution in [0.15, 0.2) is 71.9 Å². The average Bonchev–Trinajstić information content (AvgIpc) is 3.27. The Kier molecular flexibility index (Phi) is 4.66. The van der Waals surface area contributed by atoms with Gasteiger partial charge in [-0.1, -0.05) is 31.2 Å². The van der Waals surface area contributed by atoms with Crippen molar-refractivity contribution in [2.45, 2.75) is 19.4 Å². The van der Waals surface area contributed by atoms with Gasteiger partial charge in [0.25, 0.3) is 5.56 Å². The van der Waals surface area contributed by atoms with E-state index in [4.69, 9.17) is 4.98 Å². The molecule has 0 saturated carbocycles. The average molecular weight is 414 g/mol. The van der Waals surface area contributed by atoms with Crippen molar-refractivity contribution in [2.75, 3.05) is 5.32 Å². The summed E-state index contributed by atoms with van der Waals surface area (Å²) < 4.78 is 16.0. The highest BCUT2D eigenvalue weighted by molar-refractivity contribution is 5.85. The van der Waals surface area contributed by atoms with E-state index in [9.17, 15) is 9.18 Å². The lowest BCUT2D eigenvalue weighted by Crippen LogP contribution is -2.28. The SMILES string of the molecule is CC[C@@H](Nc1nccc2[nH]cnc12)c1nc2cccc(F)c2c(=O)n1-c1ccccc1. The lowest BCUT2D eigenvalue weighted by molar-refractivity contribution is 0.630. The summed E-state index contributed by atoms with van der Waals surface area (Å²) in [4.78, 5) is 30.0. The maximum atomic E-state index is 14.6. The molecule has 2 N–H and O–H groups in total. The van der Waals surface area contributed by atoms with Gasteiger partial charge >= 0.3 is 0 Å². The van der Waals surface area contributed by atoms with Crippen LogP contribution in [0.2, 0.25) is 0 Å². The summed E-state index contributed by atoms with van der Waals surface area (Å²) in [6.07, 6.45) is 3.90. The van der Waals surface area contributed by atoms with E-state index in [0.29, 0.717) is 34.8 Å². The number of H-pyrrole nitrogens is 1. The van der Waals surface area contributed by atoms with Gasteiger partial charge in [-0.3, -0.25) is 9.36 Å². The molecule has 8 heteroatoms. The van der Waals surface area contributed by atoms with Crippen molar-refractivity contribution in [3.8, 4) is 5.69 Å². The van der Waals surface area contributed by atoms with Crippen LogP contribution in [0.4, 0.5) is 10.2 Å². The number of nitrogens with one attached hydrogen (secondary N) is 2. The van der Waals surface area contributed by atoms with Crippen molar-refractivity contribution in [3.05, 3.63) is 89.1 Å². The summed E-state index contributed by atoms with van der Waals surface area (Å²) in [6.45, 7) is 1.99. The molecule has 0 aliphatic carbocycles. The van der Waals surface area contributed by atoms with Gasteiger partial charge in [0.1, 0.15) is 22.5 Å². The lowest BCUT2D eigenvalue weighted by Gasteiger charge is -2.22. The number of benzene rings is 2. The number of rotatable bonds is 5. The molecule has 3 heterocycles. The summed E-state index contributed by atoms with van der Waals surface area (Å²) >= 11 is 0. The molecule has 5 rings (SSSR count). The Morgan fingerprint density at radius 3 is 2.74 bits per heavy atom. The molecule has 1 atom stereocenters. The number of hydrogen-bond donors (Lipinski definition) is 2. The molecular formula is C23H19FN6O. The maximum absolute atomic E-state index is 14.6. The molecule has 0 unspecified atom stereocenters. The van der Waals surface area contributed by atoms with Gasteiger partial charge in [-0.15, -0.1) is 0 Å². The van der Waals surface area contributed by atoms with Crippen LogP contribution in [0.1, 0.15) is 25.2 Å². The number of nitrogens with zero attached hydrogens (tertiary/aromatic N) is 4. The molecule has 31 heavy (non-hydrogen) atoms. The minimum atomic E-state index is -0.588. The Morgan fingerprint density at radius 2 is 1.94 bits per heavy atom. The summed E-state index contributed by atoms with van der Waals surface area (Å²) in [6, 6.07) is 15.1. The largest absolute Gasteiger partial charge is 0.358 e. The Bertz CT molecular complexity index is 1440.